The summed E-state index contributed by atoms with van der Waals surface area (Å²) in [6.07, 6.45) is 1.17. The number of hydrogen-bond acceptors (Lipinski definition) is 1. The van der Waals surface area contributed by atoms with Crippen LogP contribution in [0.5, 0.6) is 0 Å². The maximum Gasteiger partial charge on any atom is 0.0425 e. The summed E-state index contributed by atoms with van der Waals surface area (Å²) in [4.78, 5) is 0. The molecule has 0 atom stereocenters. The van der Waals surface area contributed by atoms with Crippen molar-refractivity contribution in [3.05, 3.63) is 0 Å². The van der Waals surface area contributed by atoms with Crippen molar-refractivity contribution in [1.29, 1.82) is 0 Å². The van der Waals surface area contributed by atoms with Crippen molar-refractivity contribution < 1.29 is 0 Å². The van der Waals surface area contributed by atoms with Crippen LogP contribution >= 0.6 is 23.2 Å². The zero-order valence-corrected chi connectivity index (χ0v) is 9.67. The van der Waals surface area contributed by atoms with E-state index in [0.29, 0.717) is 11.8 Å². The van der Waals surface area contributed by atoms with E-state index in [4.69, 9.17) is 23.2 Å². The Bertz CT molecular complexity index is 111. The molecule has 12 heavy (non-hydrogen) atoms. The minimum atomic E-state index is -0.0992. The van der Waals surface area contributed by atoms with Crippen LogP contribution in [0.2, 0.25) is 0 Å². The SMILES string of the molecule is CC(C)CCNC(C)(CCl)CCl. The summed E-state index contributed by atoms with van der Waals surface area (Å²) in [5.74, 6) is 1.86. The van der Waals surface area contributed by atoms with Gasteiger partial charge in [-0.1, -0.05) is 13.8 Å². The molecule has 0 aromatic heterocycles. The van der Waals surface area contributed by atoms with Crippen LogP contribution in [-0.4, -0.2) is 23.8 Å². The molecule has 0 aliphatic carbocycles. The van der Waals surface area contributed by atoms with Gasteiger partial charge in [-0.3, -0.25) is 0 Å². The van der Waals surface area contributed by atoms with Crippen LogP contribution in [0, 0.1) is 5.92 Å². The molecule has 0 radical (unpaired) electrons. The third-order valence-corrected chi connectivity index (χ3v) is 3.04. The second-order valence-corrected chi connectivity index (χ2v) is 4.47. The van der Waals surface area contributed by atoms with E-state index in [1.54, 1.807) is 0 Å². The predicted molar refractivity (Wildman–Crippen MR) is 57.3 cm³/mol. The highest BCUT2D eigenvalue weighted by molar-refractivity contribution is 6.22. The molecule has 3 heteroatoms. The Morgan fingerprint density at radius 2 is 1.75 bits per heavy atom. The van der Waals surface area contributed by atoms with Gasteiger partial charge in [-0.15, -0.1) is 23.2 Å². The Kier molecular flexibility index (Phi) is 6.34. The van der Waals surface area contributed by atoms with Crippen LogP contribution < -0.4 is 5.32 Å². The lowest BCUT2D eigenvalue weighted by molar-refractivity contribution is 0.410. The second-order valence-electron chi connectivity index (χ2n) is 3.94. The molecule has 0 aromatic rings. The molecule has 0 rings (SSSR count). The monoisotopic (exact) mass is 211 g/mol. The lowest BCUT2D eigenvalue weighted by Crippen LogP contribution is -2.46. The second kappa shape index (κ2) is 6.06. The summed E-state index contributed by atoms with van der Waals surface area (Å²) in [5, 5.41) is 3.36. The largest absolute Gasteiger partial charge is 0.309 e. The first kappa shape index (κ1) is 12.5. The highest BCUT2D eigenvalue weighted by Crippen LogP contribution is 2.09. The predicted octanol–water partition coefficient (Wildman–Crippen LogP) is 2.86. The molecule has 74 valence electrons. The summed E-state index contributed by atoms with van der Waals surface area (Å²) in [5.41, 5.74) is -0.0992. The van der Waals surface area contributed by atoms with Crippen molar-refractivity contribution in [3.8, 4) is 0 Å². The van der Waals surface area contributed by atoms with Crippen LogP contribution in [-0.2, 0) is 0 Å². The normalized spacial score (nSPS) is 12.5. The number of alkyl halides is 2. The van der Waals surface area contributed by atoms with E-state index in [9.17, 15) is 0 Å². The van der Waals surface area contributed by atoms with Crippen molar-refractivity contribution >= 4 is 23.2 Å². The third-order valence-electron chi connectivity index (χ3n) is 1.86. The fourth-order valence-corrected chi connectivity index (χ4v) is 1.27. The molecule has 0 aromatic carbocycles. The summed E-state index contributed by atoms with van der Waals surface area (Å²) < 4.78 is 0. The smallest absolute Gasteiger partial charge is 0.0425 e. The summed E-state index contributed by atoms with van der Waals surface area (Å²) in [7, 11) is 0. The highest BCUT2D eigenvalue weighted by Gasteiger charge is 2.20. The van der Waals surface area contributed by atoms with Gasteiger partial charge in [-0.05, 0) is 25.8 Å². The van der Waals surface area contributed by atoms with E-state index in [0.717, 1.165) is 12.5 Å². The van der Waals surface area contributed by atoms with E-state index in [-0.39, 0.29) is 5.54 Å². The maximum atomic E-state index is 5.78. The lowest BCUT2D eigenvalue weighted by Gasteiger charge is -2.26. The van der Waals surface area contributed by atoms with E-state index in [1.165, 1.54) is 6.42 Å². The zero-order chi connectivity index (χ0) is 9.61. The van der Waals surface area contributed by atoms with Gasteiger partial charge in [0.15, 0.2) is 0 Å². The standard InChI is InChI=1S/C9H19Cl2N/c1-8(2)4-5-12-9(3,6-10)7-11/h8,12H,4-7H2,1-3H3. The minimum absolute atomic E-state index is 0.0992. The van der Waals surface area contributed by atoms with Crippen molar-refractivity contribution in [2.45, 2.75) is 32.7 Å². The van der Waals surface area contributed by atoms with Crippen molar-refractivity contribution in [2.24, 2.45) is 5.92 Å². The van der Waals surface area contributed by atoms with Gasteiger partial charge in [0, 0.05) is 17.3 Å². The molecule has 0 saturated carbocycles. The van der Waals surface area contributed by atoms with Crippen LogP contribution in [0.4, 0.5) is 0 Å². The van der Waals surface area contributed by atoms with Gasteiger partial charge in [0.1, 0.15) is 0 Å². The molecule has 0 fully saturated rings. The molecule has 1 nitrogen and oxygen atoms in total. The van der Waals surface area contributed by atoms with E-state index in [1.807, 2.05) is 6.92 Å². The first-order chi connectivity index (χ1) is 5.54. The van der Waals surface area contributed by atoms with Crippen molar-refractivity contribution in [3.63, 3.8) is 0 Å². The number of rotatable bonds is 6. The van der Waals surface area contributed by atoms with Gasteiger partial charge >= 0.3 is 0 Å². The van der Waals surface area contributed by atoms with Gasteiger partial charge in [0.25, 0.3) is 0 Å². The third kappa shape index (κ3) is 5.23. The summed E-state index contributed by atoms with van der Waals surface area (Å²) in [6, 6.07) is 0. The molecular weight excluding hydrogens is 193 g/mol. The summed E-state index contributed by atoms with van der Waals surface area (Å²) in [6.45, 7) is 7.46. The van der Waals surface area contributed by atoms with Gasteiger partial charge in [-0.2, -0.15) is 0 Å². The fourth-order valence-electron chi connectivity index (χ4n) is 0.793. The minimum Gasteiger partial charge on any atom is -0.309 e. The van der Waals surface area contributed by atoms with E-state index in [2.05, 4.69) is 19.2 Å². The Hall–Kier alpha value is 0.540. The molecule has 0 spiro atoms. The average molecular weight is 212 g/mol. The summed E-state index contributed by atoms with van der Waals surface area (Å²) >= 11 is 11.6. The van der Waals surface area contributed by atoms with Crippen LogP contribution in [0.1, 0.15) is 27.2 Å². The fraction of sp³-hybridized carbons (Fsp3) is 1.00. The molecule has 0 unspecified atom stereocenters. The Morgan fingerprint density at radius 3 is 2.08 bits per heavy atom. The van der Waals surface area contributed by atoms with Gasteiger partial charge in [-0.25, -0.2) is 0 Å². The van der Waals surface area contributed by atoms with Crippen LogP contribution in [0.15, 0.2) is 0 Å². The molecule has 0 aliphatic rings. The van der Waals surface area contributed by atoms with Gasteiger partial charge in [0.05, 0.1) is 0 Å². The van der Waals surface area contributed by atoms with E-state index < -0.39 is 0 Å². The Labute approximate surface area is 85.8 Å². The zero-order valence-electron chi connectivity index (χ0n) is 8.16. The molecule has 0 bridgehead atoms. The molecule has 0 saturated heterocycles. The highest BCUT2D eigenvalue weighted by atomic mass is 35.5. The first-order valence-corrected chi connectivity index (χ1v) is 5.48. The quantitative estimate of drug-likeness (QED) is 0.667. The number of nitrogens with one attached hydrogen (secondary N) is 1. The van der Waals surface area contributed by atoms with Crippen molar-refractivity contribution in [2.75, 3.05) is 18.3 Å². The first-order valence-electron chi connectivity index (χ1n) is 4.41. The van der Waals surface area contributed by atoms with Gasteiger partial charge in [0.2, 0.25) is 0 Å². The molecule has 1 N–H and O–H groups in total. The van der Waals surface area contributed by atoms with Crippen LogP contribution in [0.25, 0.3) is 0 Å². The van der Waals surface area contributed by atoms with Gasteiger partial charge < -0.3 is 5.32 Å². The number of halogens is 2. The topological polar surface area (TPSA) is 12.0 Å². The molecule has 0 heterocycles. The molecule has 0 amide bonds. The Morgan fingerprint density at radius 1 is 1.25 bits per heavy atom. The molecular formula is C9H19Cl2N. The average Bonchev–Trinajstić information content (AvgIpc) is 2.03. The lowest BCUT2D eigenvalue weighted by atomic mass is 10.1. The maximum absolute atomic E-state index is 5.78. The van der Waals surface area contributed by atoms with E-state index >= 15 is 0 Å². The van der Waals surface area contributed by atoms with Crippen molar-refractivity contribution in [1.82, 2.24) is 5.32 Å². The molecule has 0 aliphatic heterocycles. The van der Waals surface area contributed by atoms with Crippen LogP contribution in [0.3, 0.4) is 0 Å². The number of hydrogen-bond donors (Lipinski definition) is 1. The Balaban J connectivity index is 3.58.